The van der Waals surface area contributed by atoms with Crippen LogP contribution in [0.1, 0.15) is 53.0 Å². The Hall–Kier alpha value is -4.43. The molecule has 0 unspecified atom stereocenters. The highest BCUT2D eigenvalue weighted by atomic mass is 35.5. The molecule has 3 aromatic rings. The number of benzene rings is 3. The molecule has 1 aliphatic heterocycles. The Labute approximate surface area is 231 Å². The van der Waals surface area contributed by atoms with Crippen molar-refractivity contribution in [3.05, 3.63) is 100 Å². The first-order valence-electron chi connectivity index (χ1n) is 12.7. The van der Waals surface area contributed by atoms with Gasteiger partial charge in [-0.3, -0.25) is 14.4 Å². The SMILES string of the molecule is CCCCOC(=O)c1ccc(N2C(=O)C(Cl)=C(Nc3cccc(C(=O)Nc4ccc(CC)cc4)c3)C2=O)cc1. The summed E-state index contributed by atoms with van der Waals surface area (Å²) in [5.74, 6) is -2.16. The van der Waals surface area contributed by atoms with E-state index in [2.05, 4.69) is 17.6 Å². The van der Waals surface area contributed by atoms with Crippen molar-refractivity contribution in [2.45, 2.75) is 33.1 Å². The molecule has 39 heavy (non-hydrogen) atoms. The number of ether oxygens (including phenoxy) is 1. The fourth-order valence-electron chi connectivity index (χ4n) is 3.89. The van der Waals surface area contributed by atoms with Gasteiger partial charge in [-0.25, -0.2) is 9.69 Å². The van der Waals surface area contributed by atoms with Crippen LogP contribution >= 0.6 is 11.6 Å². The van der Waals surface area contributed by atoms with Gasteiger partial charge in [0.25, 0.3) is 17.7 Å². The van der Waals surface area contributed by atoms with E-state index in [1.165, 1.54) is 24.3 Å². The van der Waals surface area contributed by atoms with E-state index in [4.69, 9.17) is 16.3 Å². The molecule has 9 heteroatoms. The van der Waals surface area contributed by atoms with Gasteiger partial charge in [-0.1, -0.05) is 50.1 Å². The number of rotatable bonds is 10. The number of nitrogens with one attached hydrogen (secondary N) is 2. The molecule has 1 aliphatic rings. The highest BCUT2D eigenvalue weighted by Crippen LogP contribution is 2.30. The molecule has 0 spiro atoms. The quantitative estimate of drug-likeness (QED) is 0.187. The number of hydrogen-bond donors (Lipinski definition) is 2. The molecule has 0 bridgehead atoms. The Balaban J connectivity index is 1.45. The topological polar surface area (TPSA) is 105 Å². The second-order valence-electron chi connectivity index (χ2n) is 8.88. The molecule has 8 nitrogen and oxygen atoms in total. The lowest BCUT2D eigenvalue weighted by Crippen LogP contribution is -2.32. The number of esters is 1. The molecule has 200 valence electrons. The zero-order valence-electron chi connectivity index (χ0n) is 21.6. The van der Waals surface area contributed by atoms with Gasteiger partial charge in [0.1, 0.15) is 10.7 Å². The molecule has 0 aromatic heterocycles. The van der Waals surface area contributed by atoms with Crippen LogP contribution in [0.3, 0.4) is 0 Å². The number of anilines is 3. The standard InChI is InChI=1S/C30H28ClN3O5/c1-3-5-17-39-30(38)20-11-15-24(16-12-20)34-28(36)25(31)26(29(34)37)32-23-8-6-7-21(18-23)27(35)33-22-13-9-19(4-2)10-14-22/h6-16,18,32H,3-5,17H2,1-2H3,(H,33,35). The predicted molar refractivity (Wildman–Crippen MR) is 151 cm³/mol. The molecule has 0 saturated carbocycles. The molecule has 0 aliphatic carbocycles. The second-order valence-corrected chi connectivity index (χ2v) is 9.26. The van der Waals surface area contributed by atoms with Gasteiger partial charge >= 0.3 is 5.97 Å². The summed E-state index contributed by atoms with van der Waals surface area (Å²) >= 11 is 6.26. The summed E-state index contributed by atoms with van der Waals surface area (Å²) in [6.07, 6.45) is 2.57. The maximum absolute atomic E-state index is 13.2. The lowest BCUT2D eigenvalue weighted by Gasteiger charge is -2.15. The molecule has 2 N–H and O–H groups in total. The average molecular weight is 546 g/mol. The third-order valence-corrected chi connectivity index (χ3v) is 6.48. The first kappa shape index (κ1) is 27.6. The zero-order valence-corrected chi connectivity index (χ0v) is 22.4. The third kappa shape index (κ3) is 6.35. The van der Waals surface area contributed by atoms with Crippen molar-refractivity contribution in [2.24, 2.45) is 0 Å². The van der Waals surface area contributed by atoms with Gasteiger partial charge in [-0.2, -0.15) is 0 Å². The van der Waals surface area contributed by atoms with Crippen LogP contribution in [0.4, 0.5) is 17.1 Å². The molecular weight excluding hydrogens is 518 g/mol. The maximum Gasteiger partial charge on any atom is 0.338 e. The summed E-state index contributed by atoms with van der Waals surface area (Å²) < 4.78 is 5.19. The van der Waals surface area contributed by atoms with E-state index in [-0.39, 0.29) is 22.3 Å². The minimum absolute atomic E-state index is 0.113. The summed E-state index contributed by atoms with van der Waals surface area (Å²) in [6.45, 7) is 4.37. The minimum Gasteiger partial charge on any atom is -0.462 e. The van der Waals surface area contributed by atoms with Crippen LogP contribution in [0.5, 0.6) is 0 Å². The zero-order chi connectivity index (χ0) is 27.9. The third-order valence-electron chi connectivity index (χ3n) is 6.13. The second kappa shape index (κ2) is 12.4. The number of amides is 3. The van der Waals surface area contributed by atoms with Crippen molar-refractivity contribution in [3.8, 4) is 0 Å². The summed E-state index contributed by atoms with van der Waals surface area (Å²) in [7, 11) is 0. The number of imide groups is 1. The normalized spacial score (nSPS) is 13.1. The van der Waals surface area contributed by atoms with E-state index in [0.717, 1.165) is 29.7 Å². The summed E-state index contributed by atoms with van der Waals surface area (Å²) in [4.78, 5) is 51.9. The van der Waals surface area contributed by atoms with Crippen molar-refractivity contribution in [3.63, 3.8) is 0 Å². The summed E-state index contributed by atoms with van der Waals surface area (Å²) in [6, 6.07) is 20.0. The minimum atomic E-state index is -0.702. The first-order valence-corrected chi connectivity index (χ1v) is 13.0. The van der Waals surface area contributed by atoms with Gasteiger partial charge in [0.2, 0.25) is 0 Å². The molecule has 0 atom stereocenters. The number of aryl methyl sites for hydroxylation is 1. The number of halogens is 1. The maximum atomic E-state index is 13.2. The molecule has 0 saturated heterocycles. The molecule has 4 rings (SSSR count). The smallest absolute Gasteiger partial charge is 0.338 e. The van der Waals surface area contributed by atoms with Crippen LogP contribution < -0.4 is 15.5 Å². The summed E-state index contributed by atoms with van der Waals surface area (Å²) in [5, 5.41) is 5.44. The van der Waals surface area contributed by atoms with Crippen molar-refractivity contribution >= 4 is 52.4 Å². The number of carbonyl (C=O) groups excluding carboxylic acids is 4. The largest absolute Gasteiger partial charge is 0.462 e. The van der Waals surface area contributed by atoms with Crippen LogP contribution in [0.2, 0.25) is 0 Å². The highest BCUT2D eigenvalue weighted by Gasteiger charge is 2.39. The Kier molecular flexibility index (Phi) is 8.78. The Morgan fingerprint density at radius 1 is 0.872 bits per heavy atom. The monoisotopic (exact) mass is 545 g/mol. The molecule has 0 radical (unpaired) electrons. The van der Waals surface area contributed by atoms with Gasteiger partial charge in [0.05, 0.1) is 17.9 Å². The van der Waals surface area contributed by atoms with Crippen molar-refractivity contribution in [2.75, 3.05) is 22.1 Å². The Morgan fingerprint density at radius 2 is 1.59 bits per heavy atom. The Morgan fingerprint density at radius 3 is 2.26 bits per heavy atom. The number of unbranched alkanes of at least 4 members (excludes halogenated alkanes) is 1. The average Bonchev–Trinajstić information content (AvgIpc) is 3.16. The van der Waals surface area contributed by atoms with Crippen molar-refractivity contribution < 1.29 is 23.9 Å². The van der Waals surface area contributed by atoms with Gasteiger partial charge in [0, 0.05) is 16.9 Å². The lowest BCUT2D eigenvalue weighted by molar-refractivity contribution is -0.120. The van der Waals surface area contributed by atoms with Crippen LogP contribution in [-0.2, 0) is 20.7 Å². The fourth-order valence-corrected chi connectivity index (χ4v) is 4.11. The lowest BCUT2D eigenvalue weighted by atomic mass is 10.1. The molecule has 3 amide bonds. The van der Waals surface area contributed by atoms with E-state index in [0.29, 0.717) is 29.1 Å². The van der Waals surface area contributed by atoms with Crippen LogP contribution in [0.25, 0.3) is 0 Å². The Bertz CT molecular complexity index is 1430. The van der Waals surface area contributed by atoms with Gasteiger partial charge in [-0.15, -0.1) is 0 Å². The number of nitrogens with zero attached hydrogens (tertiary/aromatic N) is 1. The molecule has 0 fully saturated rings. The van der Waals surface area contributed by atoms with Gasteiger partial charge < -0.3 is 15.4 Å². The summed E-state index contributed by atoms with van der Waals surface area (Å²) in [5.41, 5.74) is 3.04. The fraction of sp³-hybridized carbons (Fsp3) is 0.200. The van der Waals surface area contributed by atoms with E-state index in [9.17, 15) is 19.2 Å². The van der Waals surface area contributed by atoms with E-state index in [1.807, 2.05) is 31.2 Å². The van der Waals surface area contributed by atoms with Gasteiger partial charge in [-0.05, 0) is 73.0 Å². The van der Waals surface area contributed by atoms with Crippen LogP contribution in [0.15, 0.2) is 83.5 Å². The number of hydrogen-bond acceptors (Lipinski definition) is 6. The molecule has 3 aromatic carbocycles. The van der Waals surface area contributed by atoms with Gasteiger partial charge in [0.15, 0.2) is 0 Å². The van der Waals surface area contributed by atoms with Crippen molar-refractivity contribution in [1.82, 2.24) is 0 Å². The van der Waals surface area contributed by atoms with E-state index in [1.54, 1.807) is 24.3 Å². The van der Waals surface area contributed by atoms with Crippen molar-refractivity contribution in [1.29, 1.82) is 0 Å². The molecule has 1 heterocycles. The highest BCUT2D eigenvalue weighted by molar-refractivity contribution is 6.53. The van der Waals surface area contributed by atoms with E-state index >= 15 is 0 Å². The molecular formula is C30H28ClN3O5. The number of carbonyl (C=O) groups is 4. The van der Waals surface area contributed by atoms with Crippen LogP contribution in [0, 0.1) is 0 Å². The first-order chi connectivity index (χ1) is 18.8. The van der Waals surface area contributed by atoms with E-state index < -0.39 is 17.8 Å². The van der Waals surface area contributed by atoms with Crippen LogP contribution in [-0.4, -0.2) is 30.3 Å². The predicted octanol–water partition coefficient (Wildman–Crippen LogP) is 5.89.